The van der Waals surface area contributed by atoms with Crippen LogP contribution in [0.4, 0.5) is 8.78 Å². The number of nitrogens with two attached hydrogens (primary N) is 1. The Morgan fingerprint density at radius 2 is 2.24 bits per heavy atom. The smallest absolute Gasteiger partial charge is 0.272 e. The number of ether oxygens (including phenoxy) is 1. The average molecular weight is 244 g/mol. The molecule has 0 radical (unpaired) electrons. The fourth-order valence-electron chi connectivity index (χ4n) is 2.42. The van der Waals surface area contributed by atoms with Crippen LogP contribution in [0.2, 0.25) is 0 Å². The van der Waals surface area contributed by atoms with Crippen LogP contribution in [0.1, 0.15) is 26.2 Å². The molecular weight excluding hydrogens is 226 g/mol. The Bertz CT molecular complexity index is 350. The van der Waals surface area contributed by atoms with Gasteiger partial charge in [-0.25, -0.2) is 8.78 Å². The predicted molar refractivity (Wildman–Crippen MR) is 61.2 cm³/mol. The van der Waals surface area contributed by atoms with Crippen molar-refractivity contribution in [2.75, 3.05) is 6.61 Å². The lowest BCUT2D eigenvalue weighted by Gasteiger charge is -2.45. The summed E-state index contributed by atoms with van der Waals surface area (Å²) in [6, 6.07) is -0.282. The quantitative estimate of drug-likeness (QED) is 0.704. The molecule has 2 rings (SSSR count). The van der Waals surface area contributed by atoms with Gasteiger partial charge in [-0.15, -0.1) is 0 Å². The van der Waals surface area contributed by atoms with Gasteiger partial charge >= 0.3 is 0 Å². The highest BCUT2D eigenvalue weighted by atomic mass is 19.3. The Balaban J connectivity index is 2.18. The van der Waals surface area contributed by atoms with Crippen molar-refractivity contribution in [3.63, 3.8) is 0 Å². The molecule has 2 aliphatic carbocycles. The number of halogens is 2. The molecule has 5 heteroatoms. The zero-order chi connectivity index (χ0) is 12.6. The van der Waals surface area contributed by atoms with Crippen LogP contribution in [0.15, 0.2) is 11.3 Å². The van der Waals surface area contributed by atoms with Crippen LogP contribution in [0, 0.1) is 16.7 Å². The van der Waals surface area contributed by atoms with Crippen molar-refractivity contribution in [2.24, 2.45) is 17.1 Å². The second kappa shape index (κ2) is 4.37. The summed E-state index contributed by atoms with van der Waals surface area (Å²) < 4.78 is 29.7. The predicted octanol–water partition coefficient (Wildman–Crippen LogP) is 2.32. The molecule has 0 heterocycles. The molecule has 2 unspecified atom stereocenters. The molecule has 17 heavy (non-hydrogen) atoms. The summed E-state index contributed by atoms with van der Waals surface area (Å²) in [7, 11) is 0. The van der Waals surface area contributed by atoms with Gasteiger partial charge in [0.1, 0.15) is 12.4 Å². The Morgan fingerprint density at radius 1 is 1.59 bits per heavy atom. The Labute approximate surface area is 99.5 Å². The molecular formula is C12H18F2N2O. The van der Waals surface area contributed by atoms with E-state index in [4.69, 9.17) is 15.9 Å². The minimum absolute atomic E-state index is 0.282. The molecule has 0 aromatic rings. The van der Waals surface area contributed by atoms with Gasteiger partial charge in [0.15, 0.2) is 0 Å². The maximum Gasteiger partial charge on any atom is 0.272 e. The minimum atomic E-state index is -2.49. The van der Waals surface area contributed by atoms with E-state index in [1.54, 1.807) is 6.92 Å². The summed E-state index contributed by atoms with van der Waals surface area (Å²) >= 11 is 0. The summed E-state index contributed by atoms with van der Waals surface area (Å²) in [5.74, 6) is 1.03. The lowest BCUT2D eigenvalue weighted by Crippen LogP contribution is -2.49. The number of rotatable bonds is 6. The fraction of sp³-hybridized carbons (Fsp3) is 0.750. The number of hydrogen-bond donors (Lipinski definition) is 2. The molecule has 96 valence electrons. The van der Waals surface area contributed by atoms with Crippen molar-refractivity contribution < 1.29 is 13.5 Å². The molecule has 3 N–H and O–H groups in total. The maximum absolute atomic E-state index is 12.2. The van der Waals surface area contributed by atoms with E-state index in [0.717, 1.165) is 18.4 Å². The van der Waals surface area contributed by atoms with Gasteiger partial charge in [0, 0.05) is 12.3 Å². The Hall–Kier alpha value is -0.970. The van der Waals surface area contributed by atoms with Crippen LogP contribution < -0.4 is 5.73 Å². The van der Waals surface area contributed by atoms with Gasteiger partial charge in [-0.3, -0.25) is 0 Å². The molecule has 1 fully saturated rings. The zero-order valence-electron chi connectivity index (χ0n) is 9.88. The summed E-state index contributed by atoms with van der Waals surface area (Å²) in [4.78, 5) is 0. The standard InChI is InChI=1S/C12H18F2N2O/c1-7(16)12(6-15)4-9(8-2-3-8)11(12)17-5-10(13)14/h6-8,10,15H,2-5,16H2,1H3. The Morgan fingerprint density at radius 3 is 2.65 bits per heavy atom. The zero-order valence-corrected chi connectivity index (χ0v) is 9.88. The Kier molecular flexibility index (Phi) is 3.21. The molecule has 0 aromatic carbocycles. The highest BCUT2D eigenvalue weighted by Gasteiger charge is 2.52. The summed E-state index contributed by atoms with van der Waals surface area (Å²) in [6.45, 7) is 1.19. The molecule has 0 saturated heterocycles. The van der Waals surface area contributed by atoms with Gasteiger partial charge in [-0.1, -0.05) is 0 Å². The van der Waals surface area contributed by atoms with Crippen LogP contribution in [0.5, 0.6) is 0 Å². The molecule has 0 aliphatic heterocycles. The average Bonchev–Trinajstić information content (AvgIpc) is 3.00. The monoisotopic (exact) mass is 244 g/mol. The topological polar surface area (TPSA) is 59.1 Å². The van der Waals surface area contributed by atoms with Gasteiger partial charge in [-0.2, -0.15) is 0 Å². The largest absolute Gasteiger partial charge is 0.491 e. The van der Waals surface area contributed by atoms with Crippen molar-refractivity contribution in [3.8, 4) is 0 Å². The van der Waals surface area contributed by atoms with Gasteiger partial charge in [-0.05, 0) is 37.7 Å². The van der Waals surface area contributed by atoms with Crippen LogP contribution >= 0.6 is 0 Å². The van der Waals surface area contributed by atoms with Crippen molar-refractivity contribution in [1.82, 2.24) is 0 Å². The molecule has 0 aromatic heterocycles. The van der Waals surface area contributed by atoms with Crippen molar-refractivity contribution >= 4 is 6.21 Å². The second-order valence-corrected chi connectivity index (χ2v) is 4.98. The highest BCUT2D eigenvalue weighted by Crippen LogP contribution is 2.55. The molecule has 0 amide bonds. The van der Waals surface area contributed by atoms with Gasteiger partial charge in [0.05, 0.1) is 5.41 Å². The summed E-state index contributed by atoms with van der Waals surface area (Å²) in [6.07, 6.45) is 1.66. The number of hydrogen-bond acceptors (Lipinski definition) is 3. The van der Waals surface area contributed by atoms with Crippen molar-refractivity contribution in [2.45, 2.75) is 38.7 Å². The number of allylic oxidation sites excluding steroid dienone is 1. The van der Waals surface area contributed by atoms with Gasteiger partial charge in [0.2, 0.25) is 0 Å². The minimum Gasteiger partial charge on any atom is -0.491 e. The number of alkyl halides is 2. The van der Waals surface area contributed by atoms with Crippen LogP contribution in [-0.4, -0.2) is 25.3 Å². The first-order chi connectivity index (χ1) is 8.01. The van der Waals surface area contributed by atoms with E-state index in [-0.39, 0.29) is 6.04 Å². The van der Waals surface area contributed by atoms with Gasteiger partial charge in [0.25, 0.3) is 6.43 Å². The first-order valence-corrected chi connectivity index (χ1v) is 5.93. The summed E-state index contributed by atoms with van der Waals surface area (Å²) in [5, 5.41) is 7.50. The third kappa shape index (κ3) is 2.08. The van der Waals surface area contributed by atoms with E-state index < -0.39 is 18.4 Å². The summed E-state index contributed by atoms with van der Waals surface area (Å²) in [5.41, 5.74) is 6.33. The molecule has 2 aliphatic rings. The van der Waals surface area contributed by atoms with E-state index >= 15 is 0 Å². The van der Waals surface area contributed by atoms with E-state index in [0.29, 0.717) is 18.1 Å². The van der Waals surface area contributed by atoms with E-state index in [1.807, 2.05) is 0 Å². The molecule has 0 bridgehead atoms. The van der Waals surface area contributed by atoms with Crippen LogP contribution in [0.3, 0.4) is 0 Å². The third-order valence-corrected chi connectivity index (χ3v) is 3.69. The third-order valence-electron chi connectivity index (χ3n) is 3.69. The second-order valence-electron chi connectivity index (χ2n) is 4.98. The highest BCUT2D eigenvalue weighted by molar-refractivity contribution is 5.73. The normalized spacial score (nSPS) is 30.2. The van der Waals surface area contributed by atoms with E-state index in [1.165, 1.54) is 6.21 Å². The first kappa shape index (κ1) is 12.5. The molecule has 1 saturated carbocycles. The SMILES string of the molecule is CC(N)C1(C=N)CC(C2CC2)=C1OCC(F)F. The molecule has 2 atom stereocenters. The van der Waals surface area contributed by atoms with Crippen molar-refractivity contribution in [1.29, 1.82) is 5.41 Å². The van der Waals surface area contributed by atoms with E-state index in [9.17, 15) is 8.78 Å². The van der Waals surface area contributed by atoms with E-state index in [2.05, 4.69) is 0 Å². The first-order valence-electron chi connectivity index (χ1n) is 5.93. The van der Waals surface area contributed by atoms with Gasteiger partial charge < -0.3 is 15.9 Å². The van der Waals surface area contributed by atoms with Crippen molar-refractivity contribution in [3.05, 3.63) is 11.3 Å². The lowest BCUT2D eigenvalue weighted by molar-refractivity contribution is 0.0189. The van der Waals surface area contributed by atoms with Crippen LogP contribution in [-0.2, 0) is 4.74 Å². The molecule has 0 spiro atoms. The fourth-order valence-corrected chi connectivity index (χ4v) is 2.42. The number of nitrogens with one attached hydrogen (secondary N) is 1. The van der Waals surface area contributed by atoms with Crippen LogP contribution in [0.25, 0.3) is 0 Å². The maximum atomic E-state index is 12.2. The molecule has 3 nitrogen and oxygen atoms in total. The lowest BCUT2D eigenvalue weighted by atomic mass is 9.64.